The first kappa shape index (κ1) is 17.4. The summed E-state index contributed by atoms with van der Waals surface area (Å²) < 4.78 is 31.4. The van der Waals surface area contributed by atoms with Crippen LogP contribution in [0.5, 0.6) is 5.75 Å². The summed E-state index contributed by atoms with van der Waals surface area (Å²) in [5.41, 5.74) is 0. The van der Waals surface area contributed by atoms with Crippen LogP contribution in [0.15, 0.2) is 40.9 Å². The number of piperidine rings is 1. The Morgan fingerprint density at radius 3 is 2.62 bits per heavy atom. The fourth-order valence-corrected chi connectivity index (χ4v) is 4.47. The number of ether oxygens (including phenoxy) is 1. The molecule has 24 heavy (non-hydrogen) atoms. The standard InChI is InChI=1S/C17H18BrNO4S/c1-24(21,22)19-9-3-2-4-16(19)17(20)23-15-8-6-12-10-14(18)7-5-13(12)11-15/h5-8,10-11,16H,2-4,9H2,1H3/t16-/m1/s1. The van der Waals surface area contributed by atoms with E-state index >= 15 is 0 Å². The van der Waals surface area contributed by atoms with Crippen molar-refractivity contribution in [2.45, 2.75) is 25.3 Å². The fourth-order valence-electron chi connectivity index (χ4n) is 2.98. The van der Waals surface area contributed by atoms with Crippen molar-refractivity contribution in [3.05, 3.63) is 40.9 Å². The Morgan fingerprint density at radius 1 is 1.17 bits per heavy atom. The lowest BCUT2D eigenvalue weighted by atomic mass is 10.1. The second-order valence-electron chi connectivity index (χ2n) is 5.96. The van der Waals surface area contributed by atoms with Gasteiger partial charge in [-0.1, -0.05) is 28.1 Å². The molecule has 0 N–H and O–H groups in total. The molecule has 0 spiro atoms. The highest BCUT2D eigenvalue weighted by Crippen LogP contribution is 2.26. The Kier molecular flexibility index (Phi) is 4.94. The van der Waals surface area contributed by atoms with E-state index in [-0.39, 0.29) is 0 Å². The van der Waals surface area contributed by atoms with E-state index in [1.165, 1.54) is 4.31 Å². The molecule has 1 aliphatic heterocycles. The number of nitrogens with zero attached hydrogens (tertiary/aromatic N) is 1. The molecular formula is C17H18BrNO4S. The lowest BCUT2D eigenvalue weighted by Crippen LogP contribution is -2.48. The summed E-state index contributed by atoms with van der Waals surface area (Å²) in [4.78, 5) is 12.5. The molecule has 2 aromatic carbocycles. The van der Waals surface area contributed by atoms with Gasteiger partial charge in [0.15, 0.2) is 0 Å². The normalized spacial score (nSPS) is 19.3. The van der Waals surface area contributed by atoms with Crippen LogP contribution in [-0.2, 0) is 14.8 Å². The summed E-state index contributed by atoms with van der Waals surface area (Å²) in [7, 11) is -3.42. The first-order chi connectivity index (χ1) is 11.3. The molecule has 0 unspecified atom stereocenters. The zero-order valence-corrected chi connectivity index (χ0v) is 15.6. The van der Waals surface area contributed by atoms with Gasteiger partial charge < -0.3 is 4.74 Å². The Hall–Kier alpha value is -1.44. The van der Waals surface area contributed by atoms with Gasteiger partial charge in [-0.2, -0.15) is 4.31 Å². The zero-order valence-electron chi connectivity index (χ0n) is 13.2. The third-order valence-corrected chi connectivity index (χ3v) is 5.93. The summed E-state index contributed by atoms with van der Waals surface area (Å²) in [6.45, 7) is 0.365. The van der Waals surface area contributed by atoms with Crippen LogP contribution in [0.3, 0.4) is 0 Å². The van der Waals surface area contributed by atoms with Crippen molar-refractivity contribution in [2.75, 3.05) is 12.8 Å². The average molecular weight is 412 g/mol. The highest BCUT2D eigenvalue weighted by Gasteiger charge is 2.35. The quantitative estimate of drug-likeness (QED) is 0.573. The van der Waals surface area contributed by atoms with Crippen molar-refractivity contribution in [3.63, 3.8) is 0 Å². The van der Waals surface area contributed by atoms with Crippen LogP contribution in [0.4, 0.5) is 0 Å². The van der Waals surface area contributed by atoms with Crippen LogP contribution in [-0.4, -0.2) is 37.5 Å². The molecular weight excluding hydrogens is 394 g/mol. The molecule has 0 saturated carbocycles. The lowest BCUT2D eigenvalue weighted by molar-refractivity contribution is -0.139. The summed E-state index contributed by atoms with van der Waals surface area (Å²) in [5.74, 6) is -0.0922. The van der Waals surface area contributed by atoms with Gasteiger partial charge >= 0.3 is 5.97 Å². The predicted molar refractivity (Wildman–Crippen MR) is 96.5 cm³/mol. The Labute approximate surface area is 149 Å². The molecule has 0 aliphatic carbocycles. The smallest absolute Gasteiger partial charge is 0.329 e. The largest absolute Gasteiger partial charge is 0.425 e. The van der Waals surface area contributed by atoms with Crippen molar-refractivity contribution >= 4 is 42.7 Å². The molecule has 5 nitrogen and oxygen atoms in total. The van der Waals surface area contributed by atoms with Crippen molar-refractivity contribution < 1.29 is 17.9 Å². The van der Waals surface area contributed by atoms with Gasteiger partial charge in [0, 0.05) is 11.0 Å². The molecule has 128 valence electrons. The van der Waals surface area contributed by atoms with Crippen LogP contribution in [0, 0.1) is 0 Å². The molecule has 1 aliphatic rings. The van der Waals surface area contributed by atoms with Gasteiger partial charge in [-0.25, -0.2) is 13.2 Å². The lowest BCUT2D eigenvalue weighted by Gasteiger charge is -2.31. The predicted octanol–water partition coefficient (Wildman–Crippen LogP) is 3.32. The number of esters is 1. The van der Waals surface area contributed by atoms with Crippen LogP contribution in [0.25, 0.3) is 10.8 Å². The molecule has 2 aromatic rings. The molecule has 0 amide bonds. The number of fused-ring (bicyclic) bond motifs is 1. The minimum atomic E-state index is -3.42. The zero-order chi connectivity index (χ0) is 17.3. The first-order valence-corrected chi connectivity index (χ1v) is 10.4. The molecule has 0 radical (unpaired) electrons. The minimum absolute atomic E-state index is 0.365. The number of carbonyl (C=O) groups excluding carboxylic acids is 1. The second kappa shape index (κ2) is 6.82. The highest BCUT2D eigenvalue weighted by molar-refractivity contribution is 9.10. The summed E-state index contributed by atoms with van der Waals surface area (Å²) in [6.07, 6.45) is 3.21. The van der Waals surface area contributed by atoms with Gasteiger partial charge in [0.2, 0.25) is 10.0 Å². The van der Waals surface area contributed by atoms with E-state index in [0.29, 0.717) is 18.7 Å². The van der Waals surface area contributed by atoms with Crippen LogP contribution < -0.4 is 4.74 Å². The van der Waals surface area contributed by atoms with E-state index in [4.69, 9.17) is 4.74 Å². The molecule has 0 bridgehead atoms. The van der Waals surface area contributed by atoms with Crippen LogP contribution >= 0.6 is 15.9 Å². The van der Waals surface area contributed by atoms with E-state index in [0.717, 1.165) is 34.3 Å². The molecule has 0 aromatic heterocycles. The van der Waals surface area contributed by atoms with E-state index < -0.39 is 22.0 Å². The van der Waals surface area contributed by atoms with Crippen molar-refractivity contribution in [2.24, 2.45) is 0 Å². The molecule has 1 saturated heterocycles. The summed E-state index contributed by atoms with van der Waals surface area (Å²) >= 11 is 3.42. The third-order valence-electron chi connectivity index (χ3n) is 4.14. The third kappa shape index (κ3) is 3.79. The van der Waals surface area contributed by atoms with Crippen molar-refractivity contribution in [1.29, 1.82) is 0 Å². The van der Waals surface area contributed by atoms with Gasteiger partial charge in [0.1, 0.15) is 11.8 Å². The van der Waals surface area contributed by atoms with E-state index in [1.54, 1.807) is 12.1 Å². The fraction of sp³-hybridized carbons (Fsp3) is 0.353. The van der Waals surface area contributed by atoms with Crippen molar-refractivity contribution in [1.82, 2.24) is 4.31 Å². The number of rotatable bonds is 3. The maximum atomic E-state index is 12.5. The number of sulfonamides is 1. The van der Waals surface area contributed by atoms with Crippen molar-refractivity contribution in [3.8, 4) is 5.75 Å². The Morgan fingerprint density at radius 2 is 1.88 bits per heavy atom. The van der Waals surface area contributed by atoms with E-state index in [2.05, 4.69) is 15.9 Å². The van der Waals surface area contributed by atoms with Gasteiger partial charge in [-0.05, 0) is 54.3 Å². The van der Waals surface area contributed by atoms with Crippen LogP contribution in [0.1, 0.15) is 19.3 Å². The van der Waals surface area contributed by atoms with E-state index in [9.17, 15) is 13.2 Å². The number of halogens is 1. The maximum absolute atomic E-state index is 12.5. The summed E-state index contributed by atoms with van der Waals surface area (Å²) in [6, 6.07) is 10.5. The topological polar surface area (TPSA) is 63.7 Å². The second-order valence-corrected chi connectivity index (χ2v) is 8.81. The van der Waals surface area contributed by atoms with Gasteiger partial charge in [0.25, 0.3) is 0 Å². The number of hydrogen-bond donors (Lipinski definition) is 0. The highest BCUT2D eigenvalue weighted by atomic mass is 79.9. The molecule has 7 heteroatoms. The number of carbonyl (C=O) groups is 1. The maximum Gasteiger partial charge on any atom is 0.329 e. The Bertz CT molecular complexity index is 881. The molecule has 1 fully saturated rings. The van der Waals surface area contributed by atoms with Gasteiger partial charge in [0.05, 0.1) is 6.26 Å². The number of hydrogen-bond acceptors (Lipinski definition) is 4. The molecule has 1 atom stereocenters. The van der Waals surface area contributed by atoms with Gasteiger partial charge in [-0.15, -0.1) is 0 Å². The number of benzene rings is 2. The van der Waals surface area contributed by atoms with Crippen LogP contribution in [0.2, 0.25) is 0 Å². The molecule has 3 rings (SSSR count). The van der Waals surface area contributed by atoms with E-state index in [1.807, 2.05) is 24.3 Å². The first-order valence-electron chi connectivity index (χ1n) is 7.72. The molecule has 1 heterocycles. The average Bonchev–Trinajstić information content (AvgIpc) is 2.54. The monoisotopic (exact) mass is 411 g/mol. The Balaban J connectivity index is 1.82. The van der Waals surface area contributed by atoms with Gasteiger partial charge in [-0.3, -0.25) is 0 Å². The SMILES string of the molecule is CS(=O)(=O)N1CCCC[C@@H]1C(=O)Oc1ccc2cc(Br)ccc2c1. The minimum Gasteiger partial charge on any atom is -0.425 e. The summed E-state index contributed by atoms with van der Waals surface area (Å²) in [5, 5.41) is 1.98.